The van der Waals surface area contributed by atoms with E-state index >= 15 is 0 Å². The van der Waals surface area contributed by atoms with Gasteiger partial charge in [-0.3, -0.25) is 4.79 Å². The summed E-state index contributed by atoms with van der Waals surface area (Å²) in [6.07, 6.45) is 0.364. The molecular weight excluding hydrogens is 286 g/mol. The first-order valence-corrected chi connectivity index (χ1v) is 7.52. The van der Waals surface area contributed by atoms with Gasteiger partial charge in [-0.15, -0.1) is 11.3 Å². The highest BCUT2D eigenvalue weighted by molar-refractivity contribution is 7.91. The Bertz CT molecular complexity index is 497. The number of hydrogen-bond donors (Lipinski definition) is 2. The molecule has 0 saturated carbocycles. The monoisotopic (exact) mass is 297 g/mol. The molecule has 0 radical (unpaired) electrons. The third kappa shape index (κ3) is 3.95. The zero-order valence-corrected chi connectivity index (χ0v) is 11.4. The van der Waals surface area contributed by atoms with E-state index in [2.05, 4.69) is 4.72 Å². The van der Waals surface area contributed by atoms with Gasteiger partial charge in [0.15, 0.2) is 0 Å². The van der Waals surface area contributed by atoms with Gasteiger partial charge in [-0.05, 0) is 18.6 Å². The highest BCUT2D eigenvalue weighted by Gasteiger charge is 2.21. The van der Waals surface area contributed by atoms with Crippen molar-refractivity contribution in [3.05, 3.63) is 16.5 Å². The van der Waals surface area contributed by atoms with E-state index in [-0.39, 0.29) is 10.8 Å². The molecule has 2 N–H and O–H groups in total. The first-order valence-electron chi connectivity index (χ1n) is 4.84. The molecule has 1 aromatic rings. The predicted octanol–water partition coefficient (Wildman–Crippen LogP) is 1.79. The Labute approximate surface area is 108 Å². The van der Waals surface area contributed by atoms with Crippen LogP contribution in [0.5, 0.6) is 0 Å². The predicted molar refractivity (Wildman–Crippen MR) is 65.9 cm³/mol. The van der Waals surface area contributed by atoms with Gasteiger partial charge in [-0.2, -0.15) is 0 Å². The molecular formula is C9H12ClNO4S2. The van der Waals surface area contributed by atoms with Gasteiger partial charge in [0.05, 0.1) is 10.3 Å². The lowest BCUT2D eigenvalue weighted by Crippen LogP contribution is -2.32. The number of aliphatic carboxylic acids is 1. The molecule has 1 unspecified atom stereocenters. The quantitative estimate of drug-likeness (QED) is 0.838. The van der Waals surface area contributed by atoms with Crippen molar-refractivity contribution in [1.82, 2.24) is 4.72 Å². The minimum absolute atomic E-state index is 0.0859. The Balaban J connectivity index is 2.71. The number of carboxylic acid groups (broad SMARTS) is 1. The fourth-order valence-electron chi connectivity index (χ4n) is 1.13. The average Bonchev–Trinajstić information content (AvgIpc) is 2.66. The fraction of sp³-hybridized carbons (Fsp3) is 0.444. The van der Waals surface area contributed by atoms with Crippen LogP contribution in [-0.4, -0.2) is 26.0 Å². The van der Waals surface area contributed by atoms with E-state index < -0.39 is 21.9 Å². The van der Waals surface area contributed by atoms with E-state index in [0.717, 1.165) is 11.3 Å². The zero-order chi connectivity index (χ0) is 13.1. The maximum absolute atomic E-state index is 11.7. The van der Waals surface area contributed by atoms with E-state index in [1.54, 1.807) is 6.92 Å². The lowest BCUT2D eigenvalue weighted by molar-refractivity contribution is -0.141. The van der Waals surface area contributed by atoms with Crippen molar-refractivity contribution in [1.29, 1.82) is 0 Å². The molecule has 0 spiro atoms. The number of halogens is 1. The van der Waals surface area contributed by atoms with Crippen molar-refractivity contribution >= 4 is 38.9 Å². The summed E-state index contributed by atoms with van der Waals surface area (Å²) >= 11 is 6.57. The first kappa shape index (κ1) is 14.4. The molecule has 0 aliphatic carbocycles. The smallest absolute Gasteiger partial charge is 0.307 e. The van der Waals surface area contributed by atoms with Crippen molar-refractivity contribution in [3.8, 4) is 0 Å². The second kappa shape index (κ2) is 5.81. The SMILES string of the molecule is CCC(CNS(=O)(=O)c1ccc(Cl)s1)C(=O)O. The standard InChI is InChI=1S/C9H12ClNO4S2/c1-2-6(9(12)13)5-11-17(14,15)8-4-3-7(10)16-8/h3-4,6,11H,2,5H2,1H3,(H,12,13). The summed E-state index contributed by atoms with van der Waals surface area (Å²) in [5, 5.41) is 8.79. The number of thiophene rings is 1. The van der Waals surface area contributed by atoms with Crippen LogP contribution in [0, 0.1) is 5.92 Å². The van der Waals surface area contributed by atoms with E-state index in [1.165, 1.54) is 12.1 Å². The molecule has 1 heterocycles. The Kier molecular flexibility index (Phi) is 4.93. The Morgan fingerprint density at radius 1 is 1.59 bits per heavy atom. The molecule has 8 heteroatoms. The number of carbonyl (C=O) groups is 1. The normalized spacial score (nSPS) is 13.5. The molecule has 0 fully saturated rings. The van der Waals surface area contributed by atoms with Crippen molar-refractivity contribution in [3.63, 3.8) is 0 Å². The van der Waals surface area contributed by atoms with E-state index in [0.29, 0.717) is 10.8 Å². The summed E-state index contributed by atoms with van der Waals surface area (Å²) in [5.41, 5.74) is 0. The summed E-state index contributed by atoms with van der Waals surface area (Å²) in [4.78, 5) is 10.7. The second-order valence-electron chi connectivity index (χ2n) is 3.35. The highest BCUT2D eigenvalue weighted by Crippen LogP contribution is 2.25. The molecule has 1 aromatic heterocycles. The zero-order valence-electron chi connectivity index (χ0n) is 9.01. The third-order valence-corrected chi connectivity index (χ3v) is 5.32. The maximum atomic E-state index is 11.7. The minimum Gasteiger partial charge on any atom is -0.481 e. The van der Waals surface area contributed by atoms with Gasteiger partial charge in [-0.1, -0.05) is 18.5 Å². The molecule has 1 atom stereocenters. The number of nitrogens with one attached hydrogen (secondary N) is 1. The second-order valence-corrected chi connectivity index (χ2v) is 7.06. The summed E-state index contributed by atoms with van der Waals surface area (Å²) < 4.78 is 26.2. The van der Waals surface area contributed by atoms with E-state index in [4.69, 9.17) is 16.7 Å². The molecule has 0 aliphatic rings. The van der Waals surface area contributed by atoms with Gasteiger partial charge in [-0.25, -0.2) is 13.1 Å². The van der Waals surface area contributed by atoms with Gasteiger partial charge in [0, 0.05) is 6.54 Å². The topological polar surface area (TPSA) is 83.5 Å². The van der Waals surface area contributed by atoms with Gasteiger partial charge in [0.2, 0.25) is 10.0 Å². The first-order chi connectivity index (χ1) is 7.86. The maximum Gasteiger partial charge on any atom is 0.307 e. The molecule has 0 aliphatic heterocycles. The van der Waals surface area contributed by atoms with Crippen LogP contribution in [0.1, 0.15) is 13.3 Å². The third-order valence-electron chi connectivity index (χ3n) is 2.18. The Morgan fingerprint density at radius 2 is 2.24 bits per heavy atom. The van der Waals surface area contributed by atoms with Crippen LogP contribution in [0.4, 0.5) is 0 Å². The summed E-state index contributed by atoms with van der Waals surface area (Å²) in [5.74, 6) is -1.74. The van der Waals surface area contributed by atoms with Crippen molar-refractivity contribution in [2.24, 2.45) is 5.92 Å². The number of sulfonamides is 1. The largest absolute Gasteiger partial charge is 0.481 e. The molecule has 0 bridgehead atoms. The van der Waals surface area contributed by atoms with Crippen LogP contribution in [0.3, 0.4) is 0 Å². The molecule has 17 heavy (non-hydrogen) atoms. The number of rotatable bonds is 6. The van der Waals surface area contributed by atoms with E-state index in [1.807, 2.05) is 0 Å². The fourth-order valence-corrected chi connectivity index (χ4v) is 3.74. The summed E-state index contributed by atoms with van der Waals surface area (Å²) in [6, 6.07) is 2.87. The van der Waals surface area contributed by atoms with Gasteiger partial charge >= 0.3 is 5.97 Å². The van der Waals surface area contributed by atoms with Crippen LogP contribution in [0.25, 0.3) is 0 Å². The van der Waals surface area contributed by atoms with Gasteiger partial charge in [0.1, 0.15) is 4.21 Å². The lowest BCUT2D eigenvalue weighted by Gasteiger charge is -2.10. The number of hydrogen-bond acceptors (Lipinski definition) is 4. The highest BCUT2D eigenvalue weighted by atomic mass is 35.5. The lowest BCUT2D eigenvalue weighted by atomic mass is 10.1. The molecule has 5 nitrogen and oxygen atoms in total. The van der Waals surface area contributed by atoms with Crippen LogP contribution in [0.2, 0.25) is 4.34 Å². The van der Waals surface area contributed by atoms with Crippen molar-refractivity contribution in [2.75, 3.05) is 6.54 Å². The van der Waals surface area contributed by atoms with Gasteiger partial charge < -0.3 is 5.11 Å². The molecule has 1 rings (SSSR count). The Morgan fingerprint density at radius 3 is 2.65 bits per heavy atom. The van der Waals surface area contributed by atoms with Crippen LogP contribution < -0.4 is 4.72 Å². The van der Waals surface area contributed by atoms with Crippen molar-refractivity contribution in [2.45, 2.75) is 17.6 Å². The van der Waals surface area contributed by atoms with Gasteiger partial charge in [0.25, 0.3) is 0 Å². The molecule has 0 saturated heterocycles. The summed E-state index contributed by atoms with van der Waals surface area (Å²) in [6.45, 7) is 1.57. The average molecular weight is 298 g/mol. The minimum atomic E-state index is -3.66. The Hall–Kier alpha value is -0.630. The van der Waals surface area contributed by atoms with E-state index in [9.17, 15) is 13.2 Å². The molecule has 0 aromatic carbocycles. The summed E-state index contributed by atoms with van der Waals surface area (Å²) in [7, 11) is -3.66. The number of carboxylic acids is 1. The molecule has 0 amide bonds. The van der Waals surface area contributed by atoms with Crippen LogP contribution >= 0.6 is 22.9 Å². The molecule has 96 valence electrons. The van der Waals surface area contributed by atoms with Crippen LogP contribution in [-0.2, 0) is 14.8 Å². The van der Waals surface area contributed by atoms with Crippen LogP contribution in [0.15, 0.2) is 16.3 Å². The van der Waals surface area contributed by atoms with Crippen molar-refractivity contribution < 1.29 is 18.3 Å².